The molecule has 2 rings (SSSR count). The van der Waals surface area contributed by atoms with Crippen molar-refractivity contribution in [2.75, 3.05) is 18.8 Å². The predicted molar refractivity (Wildman–Crippen MR) is 83.2 cm³/mol. The fraction of sp³-hybridized carbons (Fsp3) is 0.647. The van der Waals surface area contributed by atoms with E-state index in [-0.39, 0.29) is 0 Å². The Morgan fingerprint density at radius 2 is 1.84 bits per heavy atom. The monoisotopic (exact) mass is 260 g/mol. The van der Waals surface area contributed by atoms with Crippen LogP contribution in [-0.2, 0) is 13.0 Å². The molecule has 2 nitrogen and oxygen atoms in total. The van der Waals surface area contributed by atoms with Crippen molar-refractivity contribution in [3.05, 3.63) is 29.3 Å². The van der Waals surface area contributed by atoms with Crippen LogP contribution in [0.4, 0.5) is 5.69 Å². The summed E-state index contributed by atoms with van der Waals surface area (Å²) in [6.07, 6.45) is 9.48. The van der Waals surface area contributed by atoms with Gasteiger partial charge in [0.1, 0.15) is 0 Å². The van der Waals surface area contributed by atoms with Crippen LogP contribution in [0.5, 0.6) is 0 Å². The minimum Gasteiger partial charge on any atom is -0.399 e. The largest absolute Gasteiger partial charge is 0.399 e. The number of hydrogen-bond donors (Lipinski definition) is 1. The van der Waals surface area contributed by atoms with Gasteiger partial charge in [0.05, 0.1) is 0 Å². The van der Waals surface area contributed by atoms with Crippen LogP contribution in [0.25, 0.3) is 0 Å². The molecule has 0 amide bonds. The summed E-state index contributed by atoms with van der Waals surface area (Å²) in [5.41, 5.74) is 9.72. The molecule has 2 heteroatoms. The van der Waals surface area contributed by atoms with E-state index in [0.29, 0.717) is 0 Å². The smallest absolute Gasteiger partial charge is 0.0317 e. The molecule has 0 atom stereocenters. The maximum atomic E-state index is 5.88. The molecule has 0 aliphatic carbocycles. The third-order valence-electron chi connectivity index (χ3n) is 4.15. The topological polar surface area (TPSA) is 29.3 Å². The van der Waals surface area contributed by atoms with E-state index in [2.05, 4.69) is 24.0 Å². The van der Waals surface area contributed by atoms with Crippen molar-refractivity contribution >= 4 is 5.69 Å². The number of nitrogens with zero attached hydrogens (tertiary/aromatic N) is 1. The molecule has 19 heavy (non-hydrogen) atoms. The Hall–Kier alpha value is -1.02. The number of hydrogen-bond acceptors (Lipinski definition) is 2. The van der Waals surface area contributed by atoms with Crippen molar-refractivity contribution in [2.45, 2.75) is 58.4 Å². The zero-order valence-corrected chi connectivity index (χ0v) is 12.3. The predicted octanol–water partition coefficient (Wildman–Crippen LogP) is 3.99. The molecule has 1 aromatic rings. The number of benzene rings is 1. The SMILES string of the molecule is CCCCCCCCN1CCc2ccc(N)cc2C1. The van der Waals surface area contributed by atoms with Crippen LogP contribution in [0.3, 0.4) is 0 Å². The van der Waals surface area contributed by atoms with E-state index in [1.165, 1.54) is 69.2 Å². The van der Waals surface area contributed by atoms with Gasteiger partial charge in [-0.05, 0) is 42.6 Å². The highest BCUT2D eigenvalue weighted by atomic mass is 15.1. The van der Waals surface area contributed by atoms with E-state index >= 15 is 0 Å². The summed E-state index contributed by atoms with van der Waals surface area (Å²) in [5.74, 6) is 0. The molecule has 0 saturated heterocycles. The number of rotatable bonds is 7. The van der Waals surface area contributed by atoms with Crippen LogP contribution >= 0.6 is 0 Å². The van der Waals surface area contributed by atoms with E-state index in [1.54, 1.807) is 0 Å². The van der Waals surface area contributed by atoms with E-state index < -0.39 is 0 Å². The normalized spacial score (nSPS) is 15.4. The number of nitrogen functional groups attached to an aromatic ring is 1. The maximum Gasteiger partial charge on any atom is 0.0317 e. The zero-order valence-electron chi connectivity index (χ0n) is 12.3. The van der Waals surface area contributed by atoms with Crippen molar-refractivity contribution < 1.29 is 0 Å². The molecular formula is C17H28N2. The molecule has 1 aliphatic heterocycles. The minimum atomic E-state index is 0.903. The summed E-state index contributed by atoms with van der Waals surface area (Å²) in [4.78, 5) is 2.58. The molecule has 0 unspecified atom stereocenters. The van der Waals surface area contributed by atoms with Crippen molar-refractivity contribution in [2.24, 2.45) is 0 Å². The molecule has 106 valence electrons. The Kier molecular flexibility index (Phi) is 5.71. The molecule has 0 radical (unpaired) electrons. The number of anilines is 1. The fourth-order valence-electron chi connectivity index (χ4n) is 2.94. The summed E-state index contributed by atoms with van der Waals surface area (Å²) in [6, 6.07) is 6.39. The lowest BCUT2D eigenvalue weighted by Gasteiger charge is -2.28. The summed E-state index contributed by atoms with van der Waals surface area (Å²) in [7, 11) is 0. The van der Waals surface area contributed by atoms with Gasteiger partial charge in [0, 0.05) is 18.8 Å². The van der Waals surface area contributed by atoms with E-state index in [0.717, 1.165) is 12.2 Å². The quantitative estimate of drug-likeness (QED) is 0.593. The Morgan fingerprint density at radius 3 is 2.68 bits per heavy atom. The molecular weight excluding hydrogens is 232 g/mol. The Bertz CT molecular complexity index is 387. The molecule has 1 heterocycles. The van der Waals surface area contributed by atoms with Gasteiger partial charge in [-0.2, -0.15) is 0 Å². The number of fused-ring (bicyclic) bond motifs is 1. The third kappa shape index (κ3) is 4.54. The molecule has 0 saturated carbocycles. The summed E-state index contributed by atoms with van der Waals surface area (Å²) >= 11 is 0. The van der Waals surface area contributed by atoms with Gasteiger partial charge < -0.3 is 5.73 Å². The lowest BCUT2D eigenvalue weighted by molar-refractivity contribution is 0.248. The van der Waals surface area contributed by atoms with Crippen LogP contribution in [0.15, 0.2) is 18.2 Å². The van der Waals surface area contributed by atoms with Gasteiger partial charge in [0.15, 0.2) is 0 Å². The van der Waals surface area contributed by atoms with Gasteiger partial charge in [-0.15, -0.1) is 0 Å². The second kappa shape index (κ2) is 7.54. The standard InChI is InChI=1S/C17H28N2/c1-2-3-4-5-6-7-11-19-12-10-15-8-9-17(18)13-16(15)14-19/h8-9,13H,2-7,10-12,14,18H2,1H3. The fourth-order valence-corrected chi connectivity index (χ4v) is 2.94. The highest BCUT2D eigenvalue weighted by Crippen LogP contribution is 2.21. The first-order valence-electron chi connectivity index (χ1n) is 7.89. The first kappa shape index (κ1) is 14.4. The van der Waals surface area contributed by atoms with Crippen LogP contribution < -0.4 is 5.73 Å². The Labute approximate surface area is 118 Å². The summed E-state index contributed by atoms with van der Waals surface area (Å²) < 4.78 is 0. The lowest BCUT2D eigenvalue weighted by Crippen LogP contribution is -2.31. The third-order valence-corrected chi connectivity index (χ3v) is 4.15. The Balaban J connectivity index is 1.70. The summed E-state index contributed by atoms with van der Waals surface area (Å²) in [5, 5.41) is 0. The van der Waals surface area contributed by atoms with Gasteiger partial charge in [-0.25, -0.2) is 0 Å². The molecule has 2 N–H and O–H groups in total. The van der Waals surface area contributed by atoms with Crippen molar-refractivity contribution in [3.63, 3.8) is 0 Å². The molecule has 0 bridgehead atoms. The second-order valence-corrected chi connectivity index (χ2v) is 5.82. The summed E-state index contributed by atoms with van der Waals surface area (Å²) in [6.45, 7) is 5.83. The molecule has 1 aliphatic rings. The molecule has 0 fully saturated rings. The number of unbranched alkanes of at least 4 members (excludes halogenated alkanes) is 5. The van der Waals surface area contributed by atoms with Gasteiger partial charge in [0.2, 0.25) is 0 Å². The van der Waals surface area contributed by atoms with Crippen LogP contribution in [-0.4, -0.2) is 18.0 Å². The van der Waals surface area contributed by atoms with Gasteiger partial charge >= 0.3 is 0 Å². The lowest BCUT2D eigenvalue weighted by atomic mass is 9.99. The van der Waals surface area contributed by atoms with Crippen molar-refractivity contribution in [3.8, 4) is 0 Å². The van der Waals surface area contributed by atoms with Gasteiger partial charge in [-0.3, -0.25) is 4.90 Å². The Morgan fingerprint density at radius 1 is 1.05 bits per heavy atom. The average Bonchev–Trinajstić information content (AvgIpc) is 2.42. The molecule has 0 aromatic heterocycles. The average molecular weight is 260 g/mol. The van der Waals surface area contributed by atoms with E-state index in [4.69, 9.17) is 5.73 Å². The van der Waals surface area contributed by atoms with Crippen molar-refractivity contribution in [1.82, 2.24) is 4.90 Å². The highest BCUT2D eigenvalue weighted by molar-refractivity contribution is 5.45. The minimum absolute atomic E-state index is 0.903. The van der Waals surface area contributed by atoms with Crippen LogP contribution in [0.2, 0.25) is 0 Å². The highest BCUT2D eigenvalue weighted by Gasteiger charge is 2.15. The van der Waals surface area contributed by atoms with Crippen LogP contribution in [0.1, 0.15) is 56.6 Å². The second-order valence-electron chi connectivity index (χ2n) is 5.82. The van der Waals surface area contributed by atoms with Crippen LogP contribution in [0, 0.1) is 0 Å². The van der Waals surface area contributed by atoms with Gasteiger partial charge in [0.25, 0.3) is 0 Å². The van der Waals surface area contributed by atoms with E-state index in [9.17, 15) is 0 Å². The molecule has 1 aromatic carbocycles. The van der Waals surface area contributed by atoms with Crippen molar-refractivity contribution in [1.29, 1.82) is 0 Å². The van der Waals surface area contributed by atoms with E-state index in [1.807, 2.05) is 6.07 Å². The first-order valence-corrected chi connectivity index (χ1v) is 7.89. The maximum absolute atomic E-state index is 5.88. The number of nitrogens with two attached hydrogens (primary N) is 1. The first-order chi connectivity index (χ1) is 9.29. The molecule has 0 spiro atoms. The van der Waals surface area contributed by atoms with Gasteiger partial charge in [-0.1, -0.05) is 45.1 Å². The zero-order chi connectivity index (χ0) is 13.5.